The summed E-state index contributed by atoms with van der Waals surface area (Å²) in [7, 11) is -1.18. The highest BCUT2D eigenvalue weighted by Crippen LogP contribution is 2.35. The number of amides is 1. The lowest BCUT2D eigenvalue weighted by Gasteiger charge is -2.25. The summed E-state index contributed by atoms with van der Waals surface area (Å²) in [4.78, 5) is 13.7. The van der Waals surface area contributed by atoms with Crippen LogP contribution in [0.1, 0.15) is 16.0 Å². The van der Waals surface area contributed by atoms with E-state index in [4.69, 9.17) is 9.47 Å². The molecule has 1 aromatic heterocycles. The number of carbonyl (C=O) groups excluding carboxylic acids is 1. The van der Waals surface area contributed by atoms with Crippen LogP contribution >= 0.6 is 11.3 Å². The van der Waals surface area contributed by atoms with Crippen LogP contribution in [0.3, 0.4) is 0 Å². The predicted molar refractivity (Wildman–Crippen MR) is 130 cm³/mol. The molecule has 0 aliphatic heterocycles. The second-order valence-corrected chi connectivity index (χ2v) is 9.93. The molecule has 3 aromatic rings. The molecular weight excluding hydrogens is 462 g/mol. The molecule has 1 N–H and O–H groups in total. The fraction of sp³-hybridized carbons (Fsp3) is 0.217. The molecule has 2 aromatic carbocycles. The molecule has 33 heavy (non-hydrogen) atoms. The molecule has 8 nitrogen and oxygen atoms in total. The van der Waals surface area contributed by atoms with Crippen molar-refractivity contribution in [2.45, 2.75) is 18.7 Å². The molecule has 10 heteroatoms. The number of benzene rings is 2. The van der Waals surface area contributed by atoms with Crippen molar-refractivity contribution >= 4 is 39.2 Å². The van der Waals surface area contributed by atoms with Crippen LogP contribution in [0.2, 0.25) is 0 Å². The standard InChI is InChI=1S/C23H25N3O5S2/c1-16-5-8-19(9-6-16)33(28,29)26(20-10-7-18(30-3)13-21(20)31-4)15-23(27)25-24-14-22-17(2)11-12-32-22/h5-14H,15H2,1-4H3,(H,25,27)/b24-14+. The van der Waals surface area contributed by atoms with E-state index in [9.17, 15) is 13.2 Å². The summed E-state index contributed by atoms with van der Waals surface area (Å²) >= 11 is 1.49. The van der Waals surface area contributed by atoms with Gasteiger partial charge in [0.25, 0.3) is 15.9 Å². The monoisotopic (exact) mass is 487 g/mol. The maximum Gasteiger partial charge on any atom is 0.264 e. The van der Waals surface area contributed by atoms with Crippen LogP contribution in [0, 0.1) is 13.8 Å². The van der Waals surface area contributed by atoms with Gasteiger partial charge in [-0.05, 0) is 55.1 Å². The number of sulfonamides is 1. The van der Waals surface area contributed by atoms with Crippen LogP contribution in [0.25, 0.3) is 0 Å². The van der Waals surface area contributed by atoms with Crippen LogP contribution in [0.5, 0.6) is 11.5 Å². The minimum atomic E-state index is -4.09. The van der Waals surface area contributed by atoms with Crippen molar-refractivity contribution in [1.29, 1.82) is 0 Å². The molecule has 0 spiro atoms. The molecule has 0 bridgehead atoms. The third kappa shape index (κ3) is 5.71. The van der Waals surface area contributed by atoms with Crippen molar-refractivity contribution < 1.29 is 22.7 Å². The Labute approximate surface area is 197 Å². The average Bonchev–Trinajstić information content (AvgIpc) is 3.21. The van der Waals surface area contributed by atoms with Crippen LogP contribution in [-0.4, -0.2) is 41.3 Å². The van der Waals surface area contributed by atoms with Crippen molar-refractivity contribution in [3.8, 4) is 11.5 Å². The van der Waals surface area contributed by atoms with Crippen LogP contribution < -0.4 is 19.2 Å². The summed E-state index contributed by atoms with van der Waals surface area (Å²) in [5.74, 6) is 0.133. The Morgan fingerprint density at radius 3 is 2.42 bits per heavy atom. The number of hydrazone groups is 1. The fourth-order valence-electron chi connectivity index (χ4n) is 2.97. The van der Waals surface area contributed by atoms with Gasteiger partial charge in [0.15, 0.2) is 0 Å². The number of carbonyl (C=O) groups is 1. The highest BCUT2D eigenvalue weighted by molar-refractivity contribution is 7.92. The largest absolute Gasteiger partial charge is 0.497 e. The first kappa shape index (κ1) is 24.3. The number of aryl methyl sites for hydroxylation is 2. The molecule has 0 radical (unpaired) electrons. The maximum atomic E-state index is 13.5. The van der Waals surface area contributed by atoms with Gasteiger partial charge < -0.3 is 9.47 Å². The highest BCUT2D eigenvalue weighted by Gasteiger charge is 2.29. The summed E-state index contributed by atoms with van der Waals surface area (Å²) in [5.41, 5.74) is 4.55. The Morgan fingerprint density at radius 1 is 1.09 bits per heavy atom. The Balaban J connectivity index is 1.95. The van der Waals surface area contributed by atoms with E-state index in [0.29, 0.717) is 5.75 Å². The minimum Gasteiger partial charge on any atom is -0.497 e. The first-order valence-corrected chi connectivity index (χ1v) is 12.3. The zero-order valence-corrected chi connectivity index (χ0v) is 20.4. The maximum absolute atomic E-state index is 13.5. The first-order valence-electron chi connectivity index (χ1n) is 9.93. The molecule has 0 saturated heterocycles. The van der Waals surface area contributed by atoms with Gasteiger partial charge in [0.2, 0.25) is 0 Å². The lowest BCUT2D eigenvalue weighted by atomic mass is 10.2. The molecule has 0 atom stereocenters. The molecule has 1 heterocycles. The molecule has 0 aliphatic rings. The van der Waals surface area contributed by atoms with Gasteiger partial charge in [-0.2, -0.15) is 5.10 Å². The third-order valence-corrected chi connectivity index (χ3v) is 7.55. The third-order valence-electron chi connectivity index (χ3n) is 4.82. The number of methoxy groups -OCH3 is 2. The second-order valence-electron chi connectivity index (χ2n) is 7.12. The lowest BCUT2D eigenvalue weighted by Crippen LogP contribution is -2.39. The summed E-state index contributed by atoms with van der Waals surface area (Å²) in [5, 5.41) is 5.89. The number of ether oxygens (including phenoxy) is 2. The summed E-state index contributed by atoms with van der Waals surface area (Å²) in [6.45, 7) is 3.30. The van der Waals surface area contributed by atoms with E-state index in [1.807, 2.05) is 25.3 Å². The number of anilines is 1. The van der Waals surface area contributed by atoms with Crippen molar-refractivity contribution in [1.82, 2.24) is 5.43 Å². The van der Waals surface area contributed by atoms with Crippen molar-refractivity contribution in [3.63, 3.8) is 0 Å². The molecular formula is C23H25N3O5S2. The van der Waals surface area contributed by atoms with Crippen LogP contribution in [0.4, 0.5) is 5.69 Å². The molecule has 1 amide bonds. The zero-order valence-electron chi connectivity index (χ0n) is 18.7. The van der Waals surface area contributed by atoms with Gasteiger partial charge >= 0.3 is 0 Å². The smallest absolute Gasteiger partial charge is 0.264 e. The Hall–Kier alpha value is -3.37. The topological polar surface area (TPSA) is 97.3 Å². The average molecular weight is 488 g/mol. The van der Waals surface area contributed by atoms with Crippen LogP contribution in [0.15, 0.2) is 63.9 Å². The number of thiophene rings is 1. The van der Waals surface area contributed by atoms with Gasteiger partial charge in [0, 0.05) is 10.9 Å². The Bertz CT molecular complexity index is 1250. The molecule has 0 fully saturated rings. The summed E-state index contributed by atoms with van der Waals surface area (Å²) in [6.07, 6.45) is 1.53. The van der Waals surface area contributed by atoms with Gasteiger partial charge in [0.05, 0.1) is 31.0 Å². The number of hydrogen-bond donors (Lipinski definition) is 1. The normalized spacial score (nSPS) is 11.4. The number of nitrogens with zero attached hydrogens (tertiary/aromatic N) is 2. The quantitative estimate of drug-likeness (QED) is 0.366. The van der Waals surface area contributed by atoms with Gasteiger partial charge in [-0.1, -0.05) is 17.7 Å². The van der Waals surface area contributed by atoms with Crippen LogP contribution in [-0.2, 0) is 14.8 Å². The van der Waals surface area contributed by atoms with E-state index in [2.05, 4.69) is 10.5 Å². The van der Waals surface area contributed by atoms with E-state index < -0.39 is 22.5 Å². The predicted octanol–water partition coefficient (Wildman–Crippen LogP) is 3.73. The molecule has 174 valence electrons. The van der Waals surface area contributed by atoms with Crippen molar-refractivity contribution in [2.24, 2.45) is 5.10 Å². The summed E-state index contributed by atoms with van der Waals surface area (Å²) in [6, 6.07) is 13.0. The fourth-order valence-corrected chi connectivity index (χ4v) is 5.19. The molecule has 0 unspecified atom stereocenters. The van der Waals surface area contributed by atoms with E-state index in [1.165, 1.54) is 50.0 Å². The van der Waals surface area contributed by atoms with E-state index >= 15 is 0 Å². The minimum absolute atomic E-state index is 0.0523. The number of nitrogens with one attached hydrogen (secondary N) is 1. The van der Waals surface area contributed by atoms with Gasteiger partial charge in [0.1, 0.15) is 18.0 Å². The van der Waals surface area contributed by atoms with E-state index in [-0.39, 0.29) is 16.3 Å². The first-order chi connectivity index (χ1) is 15.8. The van der Waals surface area contributed by atoms with Gasteiger partial charge in [-0.25, -0.2) is 13.8 Å². The Morgan fingerprint density at radius 2 is 1.82 bits per heavy atom. The van der Waals surface area contributed by atoms with E-state index in [0.717, 1.165) is 20.3 Å². The molecule has 0 saturated carbocycles. The molecule has 0 aliphatic carbocycles. The molecule has 3 rings (SSSR count). The van der Waals surface area contributed by atoms with Crippen molar-refractivity contribution in [2.75, 3.05) is 25.1 Å². The lowest BCUT2D eigenvalue weighted by molar-refractivity contribution is -0.119. The van der Waals surface area contributed by atoms with Gasteiger partial charge in [-0.15, -0.1) is 11.3 Å². The van der Waals surface area contributed by atoms with E-state index in [1.54, 1.807) is 24.3 Å². The number of hydrogen-bond acceptors (Lipinski definition) is 7. The number of rotatable bonds is 9. The Kier molecular flexibility index (Phi) is 7.72. The SMILES string of the molecule is COc1ccc(N(CC(=O)N/N=C/c2sccc2C)S(=O)(=O)c2ccc(C)cc2)c(OC)c1. The second kappa shape index (κ2) is 10.5. The van der Waals surface area contributed by atoms with Crippen molar-refractivity contribution in [3.05, 3.63) is 69.9 Å². The zero-order chi connectivity index (χ0) is 24.0. The van der Waals surface area contributed by atoms with Gasteiger partial charge in [-0.3, -0.25) is 9.10 Å². The highest BCUT2D eigenvalue weighted by atomic mass is 32.2. The summed E-state index contributed by atoms with van der Waals surface area (Å²) < 4.78 is 38.7.